The van der Waals surface area contributed by atoms with E-state index in [-0.39, 0.29) is 12.1 Å². The van der Waals surface area contributed by atoms with Gasteiger partial charge in [-0.05, 0) is 13.3 Å². The molecule has 102 valence electrons. The van der Waals surface area contributed by atoms with Gasteiger partial charge in [0, 0.05) is 13.2 Å². The smallest absolute Gasteiger partial charge is 0.236 e. The molecule has 0 aliphatic carbocycles. The molecular weight excluding hydrogens is 234 g/mol. The molecular formula is C12H21N3O3. The van der Waals surface area contributed by atoms with E-state index < -0.39 is 5.41 Å². The Morgan fingerprint density at radius 2 is 2.39 bits per heavy atom. The van der Waals surface area contributed by atoms with Crippen LogP contribution in [0.2, 0.25) is 0 Å². The van der Waals surface area contributed by atoms with E-state index in [9.17, 15) is 0 Å². The van der Waals surface area contributed by atoms with Crippen LogP contribution in [0, 0.1) is 0 Å². The van der Waals surface area contributed by atoms with Gasteiger partial charge >= 0.3 is 0 Å². The Kier molecular flexibility index (Phi) is 3.99. The van der Waals surface area contributed by atoms with Gasteiger partial charge in [0.2, 0.25) is 11.7 Å². The molecule has 6 heteroatoms. The standard InChI is InChI=1S/C12H21N3O3/c1-4-5-8(16-3)10-14-11(18-15-10)12(2)7-17-6-9(12)13/h8-9H,4-7,13H2,1-3H3. The van der Waals surface area contributed by atoms with E-state index in [2.05, 4.69) is 17.1 Å². The van der Waals surface area contributed by atoms with Crippen LogP contribution in [0.25, 0.3) is 0 Å². The number of nitrogens with two attached hydrogens (primary N) is 1. The molecule has 1 aliphatic rings. The van der Waals surface area contributed by atoms with Crippen molar-refractivity contribution in [2.75, 3.05) is 20.3 Å². The molecule has 2 N–H and O–H groups in total. The third-order valence-electron chi connectivity index (χ3n) is 3.57. The number of rotatable bonds is 5. The number of ether oxygens (including phenoxy) is 2. The van der Waals surface area contributed by atoms with E-state index in [0.717, 1.165) is 12.8 Å². The first-order chi connectivity index (χ1) is 8.61. The lowest BCUT2D eigenvalue weighted by molar-refractivity contribution is 0.0854. The predicted octanol–water partition coefficient (Wildman–Crippen LogP) is 1.17. The molecule has 0 spiro atoms. The Balaban J connectivity index is 2.19. The van der Waals surface area contributed by atoms with Crippen LogP contribution in [-0.4, -0.2) is 36.5 Å². The Morgan fingerprint density at radius 3 is 2.94 bits per heavy atom. The fraction of sp³-hybridized carbons (Fsp3) is 0.833. The first-order valence-electron chi connectivity index (χ1n) is 6.32. The number of hydrogen-bond donors (Lipinski definition) is 1. The van der Waals surface area contributed by atoms with Crippen LogP contribution in [0.5, 0.6) is 0 Å². The number of hydrogen-bond acceptors (Lipinski definition) is 6. The van der Waals surface area contributed by atoms with Crippen LogP contribution in [0.15, 0.2) is 4.52 Å². The predicted molar refractivity (Wildman–Crippen MR) is 65.1 cm³/mol. The second kappa shape index (κ2) is 5.34. The summed E-state index contributed by atoms with van der Waals surface area (Å²) >= 11 is 0. The first kappa shape index (κ1) is 13.5. The zero-order valence-corrected chi connectivity index (χ0v) is 11.2. The van der Waals surface area contributed by atoms with Crippen molar-refractivity contribution in [2.45, 2.75) is 44.2 Å². The fourth-order valence-electron chi connectivity index (χ4n) is 2.12. The summed E-state index contributed by atoms with van der Waals surface area (Å²) in [6.07, 6.45) is 1.76. The Bertz CT molecular complexity index is 396. The Labute approximate surface area is 107 Å². The highest BCUT2D eigenvalue weighted by Gasteiger charge is 2.44. The average molecular weight is 255 g/mol. The summed E-state index contributed by atoms with van der Waals surface area (Å²) in [5, 5.41) is 4.01. The summed E-state index contributed by atoms with van der Waals surface area (Å²) in [5.74, 6) is 1.13. The molecule has 2 heterocycles. The normalized spacial score (nSPS) is 29.7. The molecule has 1 saturated heterocycles. The van der Waals surface area contributed by atoms with Crippen LogP contribution in [-0.2, 0) is 14.9 Å². The molecule has 3 atom stereocenters. The van der Waals surface area contributed by atoms with E-state index in [4.69, 9.17) is 19.7 Å². The van der Waals surface area contributed by atoms with Gasteiger partial charge in [-0.3, -0.25) is 0 Å². The van der Waals surface area contributed by atoms with Crippen molar-refractivity contribution in [1.82, 2.24) is 10.1 Å². The Hall–Kier alpha value is -0.980. The number of aromatic nitrogens is 2. The van der Waals surface area contributed by atoms with Gasteiger partial charge in [0.15, 0.2) is 0 Å². The molecule has 1 aromatic heterocycles. The van der Waals surface area contributed by atoms with Crippen LogP contribution in [0.1, 0.15) is 44.5 Å². The summed E-state index contributed by atoms with van der Waals surface area (Å²) < 4.78 is 16.1. The van der Waals surface area contributed by atoms with Crippen molar-refractivity contribution in [3.8, 4) is 0 Å². The van der Waals surface area contributed by atoms with Gasteiger partial charge in [-0.15, -0.1) is 0 Å². The lowest BCUT2D eigenvalue weighted by Crippen LogP contribution is -2.42. The van der Waals surface area contributed by atoms with Crippen molar-refractivity contribution < 1.29 is 14.0 Å². The maximum absolute atomic E-state index is 6.04. The minimum Gasteiger partial charge on any atom is -0.379 e. The molecule has 3 unspecified atom stereocenters. The lowest BCUT2D eigenvalue weighted by Gasteiger charge is -2.21. The number of methoxy groups -OCH3 is 1. The second-order valence-electron chi connectivity index (χ2n) is 5.01. The van der Waals surface area contributed by atoms with Gasteiger partial charge in [-0.1, -0.05) is 18.5 Å². The van der Waals surface area contributed by atoms with Crippen molar-refractivity contribution >= 4 is 0 Å². The third kappa shape index (κ3) is 2.28. The van der Waals surface area contributed by atoms with Gasteiger partial charge in [0.25, 0.3) is 0 Å². The van der Waals surface area contributed by atoms with Crippen LogP contribution >= 0.6 is 0 Å². The Morgan fingerprint density at radius 1 is 1.61 bits per heavy atom. The van der Waals surface area contributed by atoms with Gasteiger partial charge in [0.05, 0.1) is 18.6 Å². The molecule has 1 aliphatic heterocycles. The zero-order valence-electron chi connectivity index (χ0n) is 11.2. The topological polar surface area (TPSA) is 83.4 Å². The molecule has 0 aromatic carbocycles. The molecule has 0 saturated carbocycles. The summed E-state index contributed by atoms with van der Waals surface area (Å²) in [4.78, 5) is 4.44. The minimum absolute atomic E-state index is 0.113. The maximum Gasteiger partial charge on any atom is 0.236 e. The van der Waals surface area contributed by atoms with Gasteiger partial charge in [-0.25, -0.2) is 0 Å². The van der Waals surface area contributed by atoms with E-state index >= 15 is 0 Å². The largest absolute Gasteiger partial charge is 0.379 e. The summed E-state index contributed by atoms with van der Waals surface area (Å²) in [6, 6.07) is -0.113. The summed E-state index contributed by atoms with van der Waals surface area (Å²) in [7, 11) is 1.66. The first-order valence-corrected chi connectivity index (χ1v) is 6.32. The van der Waals surface area contributed by atoms with Gasteiger partial charge in [0.1, 0.15) is 6.10 Å². The average Bonchev–Trinajstić information content (AvgIpc) is 2.96. The highest BCUT2D eigenvalue weighted by molar-refractivity contribution is 5.12. The zero-order chi connectivity index (χ0) is 13.2. The quantitative estimate of drug-likeness (QED) is 0.850. The third-order valence-corrected chi connectivity index (χ3v) is 3.57. The second-order valence-corrected chi connectivity index (χ2v) is 5.01. The molecule has 6 nitrogen and oxygen atoms in total. The fourth-order valence-corrected chi connectivity index (χ4v) is 2.12. The van der Waals surface area contributed by atoms with Crippen molar-refractivity contribution in [1.29, 1.82) is 0 Å². The SMILES string of the molecule is CCCC(OC)c1noc(C2(C)COCC2N)n1. The van der Waals surface area contributed by atoms with Crippen molar-refractivity contribution in [2.24, 2.45) is 5.73 Å². The highest BCUT2D eigenvalue weighted by Crippen LogP contribution is 2.32. The molecule has 1 fully saturated rings. The lowest BCUT2D eigenvalue weighted by atomic mass is 9.86. The number of nitrogens with zero attached hydrogens (tertiary/aromatic N) is 2. The summed E-state index contributed by atoms with van der Waals surface area (Å²) in [6.45, 7) is 5.12. The van der Waals surface area contributed by atoms with E-state index in [0.29, 0.717) is 24.9 Å². The van der Waals surface area contributed by atoms with Crippen LogP contribution in [0.3, 0.4) is 0 Å². The molecule has 1 aromatic rings. The minimum atomic E-state index is -0.393. The molecule has 0 bridgehead atoms. The molecule has 2 rings (SSSR count). The van der Waals surface area contributed by atoms with Gasteiger partial charge < -0.3 is 19.7 Å². The van der Waals surface area contributed by atoms with Crippen molar-refractivity contribution in [3.05, 3.63) is 11.7 Å². The van der Waals surface area contributed by atoms with Gasteiger partial charge in [-0.2, -0.15) is 4.98 Å². The highest BCUT2D eigenvalue weighted by atomic mass is 16.5. The molecule has 0 amide bonds. The monoisotopic (exact) mass is 255 g/mol. The maximum atomic E-state index is 6.04. The molecule has 0 radical (unpaired) electrons. The molecule has 18 heavy (non-hydrogen) atoms. The summed E-state index contributed by atoms with van der Waals surface area (Å²) in [5.41, 5.74) is 5.64. The van der Waals surface area contributed by atoms with E-state index in [1.165, 1.54) is 0 Å². The van der Waals surface area contributed by atoms with E-state index in [1.807, 2.05) is 6.92 Å². The van der Waals surface area contributed by atoms with E-state index in [1.54, 1.807) is 7.11 Å². The van der Waals surface area contributed by atoms with Crippen LogP contribution < -0.4 is 5.73 Å². The van der Waals surface area contributed by atoms with Crippen molar-refractivity contribution in [3.63, 3.8) is 0 Å². The van der Waals surface area contributed by atoms with Crippen LogP contribution in [0.4, 0.5) is 0 Å².